The van der Waals surface area contributed by atoms with Gasteiger partial charge in [0.25, 0.3) is 0 Å². The molecule has 28 heavy (non-hydrogen) atoms. The molecule has 0 aliphatic heterocycles. The number of para-hydroxylation sites is 2. The van der Waals surface area contributed by atoms with Crippen LogP contribution in [-0.4, -0.2) is 4.68 Å². The van der Waals surface area contributed by atoms with Gasteiger partial charge in [0, 0.05) is 41.7 Å². The van der Waals surface area contributed by atoms with E-state index in [2.05, 4.69) is 54.6 Å². The summed E-state index contributed by atoms with van der Waals surface area (Å²) in [5.74, 6) is 6.56. The van der Waals surface area contributed by atoms with Crippen molar-refractivity contribution in [3.63, 3.8) is 0 Å². The van der Waals surface area contributed by atoms with Crippen LogP contribution in [0.1, 0.15) is 0 Å². The molecule has 0 spiro atoms. The Bertz CT molecular complexity index is 1730. The normalized spacial score (nSPS) is 12.4. The number of nitrogens with two attached hydrogens (primary N) is 1. The van der Waals surface area contributed by atoms with Gasteiger partial charge < -0.3 is 10.3 Å². The van der Waals surface area contributed by atoms with Crippen LogP contribution in [0, 0.1) is 0 Å². The lowest BCUT2D eigenvalue weighted by molar-refractivity contribution is 0.669. The first-order chi connectivity index (χ1) is 13.8. The van der Waals surface area contributed by atoms with E-state index in [4.69, 9.17) is 10.3 Å². The van der Waals surface area contributed by atoms with Gasteiger partial charge in [-0.25, -0.2) is 0 Å². The molecule has 0 saturated heterocycles. The highest BCUT2D eigenvalue weighted by Crippen LogP contribution is 2.43. The molecule has 3 nitrogen and oxygen atoms in total. The van der Waals surface area contributed by atoms with E-state index in [1.165, 1.54) is 36.3 Å². The third kappa shape index (κ3) is 1.65. The zero-order chi connectivity index (χ0) is 18.4. The fourth-order valence-corrected chi connectivity index (χ4v) is 5.70. The Kier molecular flexibility index (Phi) is 2.52. The zero-order valence-corrected chi connectivity index (χ0v) is 15.6. The van der Waals surface area contributed by atoms with Gasteiger partial charge in [0.2, 0.25) is 0 Å². The highest BCUT2D eigenvalue weighted by atomic mass is 32.1. The molecule has 132 valence electrons. The summed E-state index contributed by atoms with van der Waals surface area (Å²) in [5, 5.41) is 7.11. The first kappa shape index (κ1) is 14.5. The lowest BCUT2D eigenvalue weighted by atomic mass is 10.1. The van der Waals surface area contributed by atoms with Gasteiger partial charge in [-0.2, -0.15) is 0 Å². The number of hydrogen-bond acceptors (Lipinski definition) is 3. The second-order valence-corrected chi connectivity index (χ2v) is 8.35. The van der Waals surface area contributed by atoms with E-state index in [0.29, 0.717) is 0 Å². The Labute approximate surface area is 163 Å². The summed E-state index contributed by atoms with van der Waals surface area (Å²) >= 11 is 1.81. The molecule has 7 rings (SSSR count). The molecule has 0 saturated carbocycles. The summed E-state index contributed by atoms with van der Waals surface area (Å²) < 4.78 is 10.5. The van der Waals surface area contributed by atoms with E-state index in [0.717, 1.165) is 27.6 Å². The van der Waals surface area contributed by atoms with Crippen LogP contribution in [-0.2, 0) is 0 Å². The van der Waals surface area contributed by atoms with Gasteiger partial charge in [0.15, 0.2) is 0 Å². The predicted octanol–water partition coefficient (Wildman–Crippen LogP) is 6.78. The fourth-order valence-electron chi connectivity index (χ4n) is 4.57. The average molecular weight is 378 g/mol. The lowest BCUT2D eigenvalue weighted by Crippen LogP contribution is -2.06. The van der Waals surface area contributed by atoms with Crippen LogP contribution >= 0.6 is 11.3 Å². The van der Waals surface area contributed by atoms with Crippen molar-refractivity contribution in [3.8, 4) is 0 Å². The third-order valence-corrected chi connectivity index (χ3v) is 6.92. The quantitative estimate of drug-likeness (QED) is 0.296. The SMILES string of the molecule is Nn1c2ccccc2c2ccc3sc4cc5c(cc4c3c21)oc1ccccc15. The van der Waals surface area contributed by atoms with Crippen molar-refractivity contribution in [2.45, 2.75) is 0 Å². The van der Waals surface area contributed by atoms with Crippen LogP contribution in [0.2, 0.25) is 0 Å². The molecule has 3 aromatic heterocycles. The van der Waals surface area contributed by atoms with Gasteiger partial charge in [-0.1, -0.05) is 42.5 Å². The molecule has 0 bridgehead atoms. The van der Waals surface area contributed by atoms with Gasteiger partial charge >= 0.3 is 0 Å². The second kappa shape index (κ2) is 4.86. The van der Waals surface area contributed by atoms with Gasteiger partial charge in [0.1, 0.15) is 11.2 Å². The maximum absolute atomic E-state index is 6.56. The van der Waals surface area contributed by atoms with Crippen molar-refractivity contribution in [3.05, 3.63) is 72.8 Å². The van der Waals surface area contributed by atoms with Gasteiger partial charge in [-0.3, -0.25) is 4.68 Å². The van der Waals surface area contributed by atoms with Crippen LogP contribution in [0.5, 0.6) is 0 Å². The molecule has 4 aromatic carbocycles. The number of benzene rings is 4. The number of rotatable bonds is 0. The van der Waals surface area contributed by atoms with E-state index < -0.39 is 0 Å². The number of nitrogen functional groups attached to an aromatic ring is 1. The van der Waals surface area contributed by atoms with E-state index in [1.807, 2.05) is 34.2 Å². The Hall–Kier alpha value is -3.50. The molecule has 0 unspecified atom stereocenters. The third-order valence-electron chi connectivity index (χ3n) is 5.80. The minimum Gasteiger partial charge on any atom is -0.456 e. The Morgan fingerprint density at radius 1 is 0.679 bits per heavy atom. The Balaban J connectivity index is 1.74. The van der Waals surface area contributed by atoms with Crippen LogP contribution in [0.4, 0.5) is 0 Å². The molecule has 3 heterocycles. The second-order valence-electron chi connectivity index (χ2n) is 7.27. The van der Waals surface area contributed by atoms with Crippen molar-refractivity contribution in [1.29, 1.82) is 0 Å². The molecule has 0 fully saturated rings. The van der Waals surface area contributed by atoms with Crippen LogP contribution in [0.15, 0.2) is 77.2 Å². The predicted molar refractivity (Wildman–Crippen MR) is 120 cm³/mol. The fraction of sp³-hybridized carbons (Fsp3) is 0. The largest absolute Gasteiger partial charge is 0.456 e. The first-order valence-electron chi connectivity index (χ1n) is 9.24. The van der Waals surface area contributed by atoms with Crippen molar-refractivity contribution in [1.82, 2.24) is 4.68 Å². The maximum Gasteiger partial charge on any atom is 0.136 e. The lowest BCUT2D eigenvalue weighted by Gasteiger charge is -2.01. The van der Waals surface area contributed by atoms with Crippen LogP contribution in [0.25, 0.3) is 63.9 Å². The Morgan fingerprint density at radius 2 is 1.50 bits per heavy atom. The smallest absolute Gasteiger partial charge is 0.136 e. The van der Waals surface area contributed by atoms with Crippen molar-refractivity contribution < 1.29 is 4.42 Å². The summed E-state index contributed by atoms with van der Waals surface area (Å²) in [6, 6.07) is 25.4. The molecule has 2 N–H and O–H groups in total. The molecule has 0 aliphatic rings. The van der Waals surface area contributed by atoms with Crippen LogP contribution < -0.4 is 5.84 Å². The summed E-state index contributed by atoms with van der Waals surface area (Å²) in [7, 11) is 0. The summed E-state index contributed by atoms with van der Waals surface area (Å²) in [5.41, 5.74) is 3.98. The van der Waals surface area contributed by atoms with Crippen LogP contribution in [0.3, 0.4) is 0 Å². The summed E-state index contributed by atoms with van der Waals surface area (Å²) in [6.07, 6.45) is 0. The van der Waals surface area contributed by atoms with Crippen molar-refractivity contribution in [2.24, 2.45) is 0 Å². The van der Waals surface area contributed by atoms with Crippen molar-refractivity contribution in [2.75, 3.05) is 5.84 Å². The number of thiophene rings is 1. The molecule has 0 aliphatic carbocycles. The molecule has 0 amide bonds. The van der Waals surface area contributed by atoms with Crippen molar-refractivity contribution >= 4 is 75.3 Å². The minimum atomic E-state index is 0.921. The molecule has 0 atom stereocenters. The van der Waals surface area contributed by atoms with Gasteiger partial charge in [-0.05, 0) is 30.3 Å². The molecular formula is C24H14N2OS. The van der Waals surface area contributed by atoms with Gasteiger partial charge in [0.05, 0.1) is 11.0 Å². The zero-order valence-electron chi connectivity index (χ0n) is 14.8. The summed E-state index contributed by atoms with van der Waals surface area (Å²) in [4.78, 5) is 0. The average Bonchev–Trinajstić information content (AvgIpc) is 3.36. The molecular weight excluding hydrogens is 364 g/mol. The highest BCUT2D eigenvalue weighted by Gasteiger charge is 2.17. The minimum absolute atomic E-state index is 0.921. The standard InChI is InChI=1S/C24H14N2OS/c25-26-18-7-3-1-5-13(18)15-9-10-21-23(24(15)26)17-11-20-16(12-22(17)28-21)14-6-2-4-8-19(14)27-20/h1-12H,25H2. The number of hydrogen-bond donors (Lipinski definition) is 1. The van der Waals surface area contributed by atoms with E-state index in [-0.39, 0.29) is 0 Å². The topological polar surface area (TPSA) is 44.1 Å². The monoisotopic (exact) mass is 378 g/mol. The highest BCUT2D eigenvalue weighted by molar-refractivity contribution is 7.26. The van der Waals surface area contributed by atoms with E-state index >= 15 is 0 Å². The number of aromatic nitrogens is 1. The first-order valence-corrected chi connectivity index (χ1v) is 10.1. The molecule has 7 aromatic rings. The maximum atomic E-state index is 6.56. The van der Waals surface area contributed by atoms with Gasteiger partial charge in [-0.15, -0.1) is 11.3 Å². The molecule has 0 radical (unpaired) electrons. The number of fused-ring (bicyclic) bond motifs is 10. The summed E-state index contributed by atoms with van der Waals surface area (Å²) in [6.45, 7) is 0. The molecule has 4 heteroatoms. The number of nitrogens with zero attached hydrogens (tertiary/aromatic N) is 1. The number of furan rings is 1. The van der Waals surface area contributed by atoms with E-state index in [9.17, 15) is 0 Å². The Morgan fingerprint density at radius 3 is 2.43 bits per heavy atom. The van der Waals surface area contributed by atoms with E-state index in [1.54, 1.807) is 0 Å².